The molecule has 0 spiro atoms. The topological polar surface area (TPSA) is 84.9 Å². The molecule has 20 heavy (non-hydrogen) atoms. The molecule has 0 aliphatic carbocycles. The highest BCUT2D eigenvalue weighted by atomic mass is 16.5. The lowest BCUT2D eigenvalue weighted by molar-refractivity contribution is -0.150. The van der Waals surface area contributed by atoms with Gasteiger partial charge in [-0.2, -0.15) is 0 Å². The van der Waals surface area contributed by atoms with Crippen LogP contribution in [0.15, 0.2) is 30.3 Å². The quantitative estimate of drug-likeness (QED) is 0.535. The van der Waals surface area contributed by atoms with Crippen LogP contribution in [-0.4, -0.2) is 43.3 Å². The fourth-order valence-corrected chi connectivity index (χ4v) is 1.46. The van der Waals surface area contributed by atoms with Crippen molar-refractivity contribution in [2.24, 2.45) is 0 Å². The van der Waals surface area contributed by atoms with E-state index in [0.717, 1.165) is 5.75 Å². The Hall–Kier alpha value is -2.08. The number of para-hydroxylation sites is 1. The maximum atomic E-state index is 11.4. The predicted octanol–water partition coefficient (Wildman–Crippen LogP) is 0.496. The van der Waals surface area contributed by atoms with Crippen molar-refractivity contribution >= 4 is 11.9 Å². The minimum absolute atomic E-state index is 0.148. The van der Waals surface area contributed by atoms with Crippen molar-refractivity contribution in [1.82, 2.24) is 5.32 Å². The number of carbonyl (C=O) groups excluding carboxylic acids is 2. The summed E-state index contributed by atoms with van der Waals surface area (Å²) >= 11 is 0. The Bertz CT molecular complexity index is 421. The maximum absolute atomic E-state index is 11.4. The largest absolute Gasteiger partial charge is 0.494 e. The van der Waals surface area contributed by atoms with Crippen LogP contribution < -0.4 is 10.1 Å². The molecule has 110 valence electrons. The molecule has 0 heterocycles. The highest BCUT2D eigenvalue weighted by Gasteiger charge is 2.15. The SMILES string of the molecule is COC(=O)C(O)CNC(=O)CCCOc1ccccc1. The number of hydrogen-bond acceptors (Lipinski definition) is 5. The van der Waals surface area contributed by atoms with Crippen molar-refractivity contribution in [3.05, 3.63) is 30.3 Å². The van der Waals surface area contributed by atoms with E-state index in [-0.39, 0.29) is 18.9 Å². The second kappa shape index (κ2) is 8.92. The van der Waals surface area contributed by atoms with Crippen molar-refractivity contribution < 1.29 is 24.2 Å². The lowest BCUT2D eigenvalue weighted by Crippen LogP contribution is -2.37. The lowest BCUT2D eigenvalue weighted by atomic mass is 10.3. The predicted molar refractivity (Wildman–Crippen MR) is 72.2 cm³/mol. The van der Waals surface area contributed by atoms with Gasteiger partial charge in [-0.05, 0) is 18.6 Å². The van der Waals surface area contributed by atoms with E-state index >= 15 is 0 Å². The monoisotopic (exact) mass is 281 g/mol. The molecule has 1 atom stereocenters. The summed E-state index contributed by atoms with van der Waals surface area (Å²) in [5, 5.41) is 11.7. The summed E-state index contributed by atoms with van der Waals surface area (Å²) in [6, 6.07) is 9.32. The minimum Gasteiger partial charge on any atom is -0.494 e. The number of ether oxygens (including phenoxy) is 2. The smallest absolute Gasteiger partial charge is 0.336 e. The molecule has 1 amide bonds. The number of benzene rings is 1. The van der Waals surface area contributed by atoms with Crippen LogP contribution in [0.4, 0.5) is 0 Å². The van der Waals surface area contributed by atoms with Gasteiger partial charge in [0.25, 0.3) is 0 Å². The van der Waals surface area contributed by atoms with Crippen LogP contribution in [0.3, 0.4) is 0 Å². The molecule has 2 N–H and O–H groups in total. The van der Waals surface area contributed by atoms with E-state index in [2.05, 4.69) is 10.1 Å². The average molecular weight is 281 g/mol. The van der Waals surface area contributed by atoms with E-state index in [1.807, 2.05) is 30.3 Å². The Morgan fingerprint density at radius 1 is 1.30 bits per heavy atom. The normalized spacial score (nSPS) is 11.5. The Morgan fingerprint density at radius 2 is 2.00 bits per heavy atom. The number of aliphatic hydroxyl groups is 1. The summed E-state index contributed by atoms with van der Waals surface area (Å²) in [6.45, 7) is 0.280. The third-order valence-corrected chi connectivity index (χ3v) is 2.53. The Balaban J connectivity index is 2.10. The van der Waals surface area contributed by atoms with Gasteiger partial charge in [0.15, 0.2) is 6.10 Å². The third kappa shape index (κ3) is 6.19. The number of esters is 1. The van der Waals surface area contributed by atoms with Crippen molar-refractivity contribution in [1.29, 1.82) is 0 Å². The summed E-state index contributed by atoms with van der Waals surface area (Å²) in [4.78, 5) is 22.3. The van der Waals surface area contributed by atoms with Gasteiger partial charge < -0.3 is 19.9 Å². The molecule has 6 heteroatoms. The van der Waals surface area contributed by atoms with E-state index in [0.29, 0.717) is 13.0 Å². The van der Waals surface area contributed by atoms with Gasteiger partial charge in [-0.1, -0.05) is 18.2 Å². The molecule has 0 saturated carbocycles. The first-order valence-electron chi connectivity index (χ1n) is 6.34. The molecule has 1 unspecified atom stereocenters. The van der Waals surface area contributed by atoms with Crippen molar-refractivity contribution in [3.8, 4) is 5.75 Å². The Labute approximate surface area is 117 Å². The van der Waals surface area contributed by atoms with Crippen LogP contribution in [0, 0.1) is 0 Å². The molecule has 0 aliphatic heterocycles. The van der Waals surface area contributed by atoms with E-state index in [1.165, 1.54) is 7.11 Å². The maximum Gasteiger partial charge on any atom is 0.336 e. The lowest BCUT2D eigenvalue weighted by Gasteiger charge is -2.10. The van der Waals surface area contributed by atoms with E-state index in [4.69, 9.17) is 4.74 Å². The van der Waals surface area contributed by atoms with Gasteiger partial charge in [-0.25, -0.2) is 4.79 Å². The molecular weight excluding hydrogens is 262 g/mol. The molecule has 0 radical (unpaired) electrons. The van der Waals surface area contributed by atoms with Gasteiger partial charge in [0.1, 0.15) is 5.75 Å². The molecule has 0 saturated heterocycles. The molecule has 0 fully saturated rings. The molecule has 0 aliphatic rings. The highest BCUT2D eigenvalue weighted by Crippen LogP contribution is 2.08. The summed E-state index contributed by atoms with van der Waals surface area (Å²) in [6.07, 6.45) is -0.514. The standard InChI is InChI=1S/C14H19NO5/c1-19-14(18)12(16)10-15-13(17)8-5-9-20-11-6-3-2-4-7-11/h2-4,6-7,12,16H,5,8-10H2,1H3,(H,15,17). The molecule has 1 aromatic rings. The van der Waals surface area contributed by atoms with Crippen molar-refractivity contribution in [2.75, 3.05) is 20.3 Å². The number of rotatable bonds is 8. The van der Waals surface area contributed by atoms with Crippen LogP contribution in [0.2, 0.25) is 0 Å². The second-order valence-electron chi connectivity index (χ2n) is 4.11. The Morgan fingerprint density at radius 3 is 2.65 bits per heavy atom. The van der Waals surface area contributed by atoms with E-state index in [9.17, 15) is 14.7 Å². The molecule has 1 aromatic carbocycles. The number of hydrogen-bond donors (Lipinski definition) is 2. The third-order valence-electron chi connectivity index (χ3n) is 2.53. The molecule has 1 rings (SSSR count). The fourth-order valence-electron chi connectivity index (χ4n) is 1.46. The zero-order chi connectivity index (χ0) is 14.8. The van der Waals surface area contributed by atoms with Crippen LogP contribution in [0.5, 0.6) is 5.75 Å². The van der Waals surface area contributed by atoms with Gasteiger partial charge in [0, 0.05) is 6.42 Å². The number of carbonyl (C=O) groups is 2. The van der Waals surface area contributed by atoms with Gasteiger partial charge >= 0.3 is 5.97 Å². The van der Waals surface area contributed by atoms with Gasteiger partial charge in [0.05, 0.1) is 20.3 Å². The van der Waals surface area contributed by atoms with E-state index in [1.54, 1.807) is 0 Å². The van der Waals surface area contributed by atoms with Crippen LogP contribution >= 0.6 is 0 Å². The number of aliphatic hydroxyl groups excluding tert-OH is 1. The minimum atomic E-state index is -1.33. The highest BCUT2D eigenvalue weighted by molar-refractivity contribution is 5.78. The van der Waals surface area contributed by atoms with Gasteiger partial charge in [0.2, 0.25) is 5.91 Å². The van der Waals surface area contributed by atoms with Crippen LogP contribution in [-0.2, 0) is 14.3 Å². The first-order valence-corrected chi connectivity index (χ1v) is 6.34. The summed E-state index contributed by atoms with van der Waals surface area (Å²) in [5.74, 6) is -0.253. The zero-order valence-corrected chi connectivity index (χ0v) is 11.4. The number of nitrogens with one attached hydrogen (secondary N) is 1. The average Bonchev–Trinajstić information content (AvgIpc) is 2.49. The second-order valence-corrected chi connectivity index (χ2v) is 4.11. The first kappa shape index (κ1) is 16.0. The molecular formula is C14H19NO5. The van der Waals surface area contributed by atoms with Crippen LogP contribution in [0.1, 0.15) is 12.8 Å². The summed E-state index contributed by atoms with van der Waals surface area (Å²) in [7, 11) is 1.17. The molecule has 0 aromatic heterocycles. The molecule has 6 nitrogen and oxygen atoms in total. The van der Waals surface area contributed by atoms with E-state index < -0.39 is 12.1 Å². The summed E-state index contributed by atoms with van der Waals surface area (Å²) in [5.41, 5.74) is 0. The zero-order valence-electron chi connectivity index (χ0n) is 11.4. The number of amides is 1. The molecule has 0 bridgehead atoms. The van der Waals surface area contributed by atoms with Crippen LogP contribution in [0.25, 0.3) is 0 Å². The first-order chi connectivity index (χ1) is 9.63. The Kier molecular flexibility index (Phi) is 7.13. The van der Waals surface area contributed by atoms with Crippen molar-refractivity contribution in [3.63, 3.8) is 0 Å². The fraction of sp³-hybridized carbons (Fsp3) is 0.429. The number of methoxy groups -OCH3 is 1. The van der Waals surface area contributed by atoms with Gasteiger partial charge in [-0.3, -0.25) is 4.79 Å². The van der Waals surface area contributed by atoms with Gasteiger partial charge in [-0.15, -0.1) is 0 Å². The van der Waals surface area contributed by atoms with Crippen molar-refractivity contribution in [2.45, 2.75) is 18.9 Å². The summed E-state index contributed by atoms with van der Waals surface area (Å²) < 4.78 is 9.77.